The molecule has 0 radical (unpaired) electrons. The molecule has 0 saturated carbocycles. The van der Waals surface area contributed by atoms with E-state index in [-0.39, 0.29) is 12.4 Å². The molecular weight excluding hydrogens is 302 g/mol. The standard InChI is InChI=1S/C12H16BrNO2S/c13-10-3-5-17-12(10)11(16)7-14-4-1-2-9(6-14)8-15/h3,5,9,15H,1-2,4,6-8H2. The van der Waals surface area contributed by atoms with Crippen molar-refractivity contribution in [1.29, 1.82) is 0 Å². The Morgan fingerprint density at radius 3 is 3.12 bits per heavy atom. The van der Waals surface area contributed by atoms with Gasteiger partial charge in [-0.2, -0.15) is 0 Å². The van der Waals surface area contributed by atoms with Crippen molar-refractivity contribution in [1.82, 2.24) is 4.90 Å². The maximum absolute atomic E-state index is 12.1. The van der Waals surface area contributed by atoms with E-state index in [1.807, 2.05) is 11.4 Å². The molecule has 2 rings (SSSR count). The molecule has 1 atom stereocenters. The highest BCUT2D eigenvalue weighted by Crippen LogP contribution is 2.24. The van der Waals surface area contributed by atoms with Crippen LogP contribution < -0.4 is 0 Å². The van der Waals surface area contributed by atoms with Crippen molar-refractivity contribution in [2.24, 2.45) is 5.92 Å². The molecule has 0 aromatic carbocycles. The van der Waals surface area contributed by atoms with Gasteiger partial charge in [0.15, 0.2) is 5.78 Å². The van der Waals surface area contributed by atoms with Crippen LogP contribution in [-0.2, 0) is 0 Å². The van der Waals surface area contributed by atoms with Crippen LogP contribution in [0.3, 0.4) is 0 Å². The Hall–Kier alpha value is -0.230. The van der Waals surface area contributed by atoms with E-state index >= 15 is 0 Å². The van der Waals surface area contributed by atoms with Gasteiger partial charge >= 0.3 is 0 Å². The fraction of sp³-hybridized carbons (Fsp3) is 0.583. The number of carbonyl (C=O) groups excluding carboxylic acids is 1. The second-order valence-electron chi connectivity index (χ2n) is 4.45. The number of aliphatic hydroxyl groups is 1. The third-order valence-corrected chi connectivity index (χ3v) is 4.98. The van der Waals surface area contributed by atoms with Crippen LogP contribution in [0.5, 0.6) is 0 Å². The van der Waals surface area contributed by atoms with Crippen LogP contribution in [0.1, 0.15) is 22.5 Å². The maximum Gasteiger partial charge on any atom is 0.187 e. The minimum absolute atomic E-state index is 0.172. The number of rotatable bonds is 4. The van der Waals surface area contributed by atoms with Crippen molar-refractivity contribution in [3.05, 3.63) is 20.8 Å². The predicted molar refractivity (Wildman–Crippen MR) is 72.6 cm³/mol. The zero-order chi connectivity index (χ0) is 12.3. The normalized spacial score (nSPS) is 21.6. The number of carbonyl (C=O) groups is 1. The molecule has 1 aliphatic heterocycles. The minimum atomic E-state index is 0.172. The molecule has 1 unspecified atom stereocenters. The van der Waals surface area contributed by atoms with Gasteiger partial charge in [-0.25, -0.2) is 0 Å². The average Bonchev–Trinajstić information content (AvgIpc) is 2.76. The smallest absolute Gasteiger partial charge is 0.187 e. The van der Waals surface area contributed by atoms with Gasteiger partial charge in [0, 0.05) is 17.6 Å². The van der Waals surface area contributed by atoms with Crippen LogP contribution in [0.25, 0.3) is 0 Å². The van der Waals surface area contributed by atoms with Crippen LogP contribution in [0.15, 0.2) is 15.9 Å². The molecule has 1 fully saturated rings. The Morgan fingerprint density at radius 2 is 2.47 bits per heavy atom. The highest BCUT2D eigenvalue weighted by molar-refractivity contribution is 9.10. The quantitative estimate of drug-likeness (QED) is 0.867. The average molecular weight is 318 g/mol. The summed E-state index contributed by atoms with van der Waals surface area (Å²) in [7, 11) is 0. The van der Waals surface area contributed by atoms with E-state index in [1.54, 1.807) is 0 Å². The number of hydrogen-bond acceptors (Lipinski definition) is 4. The summed E-state index contributed by atoms with van der Waals surface area (Å²) >= 11 is 4.87. The molecule has 1 saturated heterocycles. The van der Waals surface area contributed by atoms with Crippen LogP contribution >= 0.6 is 27.3 Å². The summed E-state index contributed by atoms with van der Waals surface area (Å²) in [5, 5.41) is 11.1. The van der Waals surface area contributed by atoms with Gasteiger partial charge in [0.2, 0.25) is 0 Å². The summed E-state index contributed by atoms with van der Waals surface area (Å²) < 4.78 is 0.892. The third-order valence-electron chi connectivity index (χ3n) is 3.10. The fourth-order valence-corrected chi connectivity index (χ4v) is 3.74. The van der Waals surface area contributed by atoms with Crippen LogP contribution in [-0.4, -0.2) is 42.0 Å². The number of piperidine rings is 1. The largest absolute Gasteiger partial charge is 0.396 e. The van der Waals surface area contributed by atoms with E-state index < -0.39 is 0 Å². The first-order valence-corrected chi connectivity index (χ1v) is 7.47. The highest BCUT2D eigenvalue weighted by Gasteiger charge is 2.22. The molecular formula is C12H16BrNO2S. The second-order valence-corrected chi connectivity index (χ2v) is 6.22. The van der Waals surface area contributed by atoms with E-state index in [4.69, 9.17) is 5.11 Å². The van der Waals surface area contributed by atoms with Gasteiger partial charge in [0.05, 0.1) is 11.4 Å². The van der Waals surface area contributed by atoms with E-state index in [0.717, 1.165) is 35.3 Å². The molecule has 1 N–H and O–H groups in total. The van der Waals surface area contributed by atoms with E-state index in [0.29, 0.717) is 12.5 Å². The van der Waals surface area contributed by atoms with Gasteiger partial charge in [-0.05, 0) is 52.7 Å². The first kappa shape index (κ1) is 13.2. The molecule has 0 bridgehead atoms. The van der Waals surface area contributed by atoms with Gasteiger partial charge < -0.3 is 5.11 Å². The maximum atomic E-state index is 12.1. The molecule has 1 aromatic heterocycles. The lowest BCUT2D eigenvalue weighted by Crippen LogP contribution is -2.39. The number of halogens is 1. The van der Waals surface area contributed by atoms with Gasteiger partial charge in [-0.15, -0.1) is 11.3 Å². The Kier molecular flexibility index (Phi) is 4.73. The number of hydrogen-bond donors (Lipinski definition) is 1. The molecule has 5 heteroatoms. The fourth-order valence-electron chi connectivity index (χ4n) is 2.21. The SMILES string of the molecule is O=C(CN1CCCC(CO)C1)c1sccc1Br. The first-order chi connectivity index (χ1) is 8.20. The zero-order valence-corrected chi connectivity index (χ0v) is 12.0. The second kappa shape index (κ2) is 6.09. The van der Waals surface area contributed by atoms with Gasteiger partial charge in [0.25, 0.3) is 0 Å². The number of aliphatic hydroxyl groups excluding tert-OH is 1. The summed E-state index contributed by atoms with van der Waals surface area (Å²) in [4.78, 5) is 15.0. The number of likely N-dealkylation sites (tertiary alicyclic amines) is 1. The van der Waals surface area contributed by atoms with Crippen LogP contribution in [0, 0.1) is 5.92 Å². The number of thiophene rings is 1. The van der Waals surface area contributed by atoms with Gasteiger partial charge in [-0.3, -0.25) is 9.69 Å². The summed E-state index contributed by atoms with van der Waals surface area (Å²) in [5.74, 6) is 0.508. The predicted octanol–water partition coefficient (Wildman–Crippen LogP) is 2.40. The van der Waals surface area contributed by atoms with E-state index in [1.165, 1.54) is 11.3 Å². The van der Waals surface area contributed by atoms with Crippen molar-refractivity contribution in [3.63, 3.8) is 0 Å². The Balaban J connectivity index is 1.93. The molecule has 1 aliphatic rings. The van der Waals surface area contributed by atoms with E-state index in [2.05, 4.69) is 20.8 Å². The molecule has 1 aromatic rings. The first-order valence-electron chi connectivity index (χ1n) is 5.80. The molecule has 94 valence electrons. The summed E-state index contributed by atoms with van der Waals surface area (Å²) in [5.41, 5.74) is 0. The minimum Gasteiger partial charge on any atom is -0.396 e. The number of Topliss-reactive ketones (excluding diaryl/α,β-unsaturated/α-hetero) is 1. The third kappa shape index (κ3) is 3.37. The highest BCUT2D eigenvalue weighted by atomic mass is 79.9. The Labute approximate surface area is 114 Å². The van der Waals surface area contributed by atoms with E-state index in [9.17, 15) is 4.79 Å². The molecule has 0 aliphatic carbocycles. The van der Waals surface area contributed by atoms with Crippen molar-refractivity contribution >= 4 is 33.0 Å². The van der Waals surface area contributed by atoms with Gasteiger partial charge in [-0.1, -0.05) is 0 Å². The lowest BCUT2D eigenvalue weighted by molar-refractivity contribution is 0.0836. The Morgan fingerprint density at radius 1 is 1.65 bits per heavy atom. The molecule has 2 heterocycles. The van der Waals surface area contributed by atoms with Crippen LogP contribution in [0.4, 0.5) is 0 Å². The van der Waals surface area contributed by atoms with Crippen molar-refractivity contribution in [2.75, 3.05) is 26.2 Å². The monoisotopic (exact) mass is 317 g/mol. The lowest BCUT2D eigenvalue weighted by Gasteiger charge is -2.31. The summed E-state index contributed by atoms with van der Waals surface area (Å²) in [6, 6.07) is 1.91. The Bertz CT molecular complexity index is 394. The lowest BCUT2D eigenvalue weighted by atomic mass is 9.99. The molecule has 0 spiro atoms. The number of ketones is 1. The van der Waals surface area contributed by atoms with Crippen molar-refractivity contribution < 1.29 is 9.90 Å². The van der Waals surface area contributed by atoms with Crippen LogP contribution in [0.2, 0.25) is 0 Å². The zero-order valence-electron chi connectivity index (χ0n) is 9.56. The van der Waals surface area contributed by atoms with Crippen molar-refractivity contribution in [2.45, 2.75) is 12.8 Å². The number of nitrogens with zero attached hydrogens (tertiary/aromatic N) is 1. The summed E-state index contributed by atoms with van der Waals surface area (Å²) in [6.07, 6.45) is 2.15. The summed E-state index contributed by atoms with van der Waals surface area (Å²) in [6.45, 7) is 2.50. The van der Waals surface area contributed by atoms with Crippen molar-refractivity contribution in [3.8, 4) is 0 Å². The molecule has 0 amide bonds. The van der Waals surface area contributed by atoms with Gasteiger partial charge in [0.1, 0.15) is 0 Å². The topological polar surface area (TPSA) is 40.5 Å². The molecule has 3 nitrogen and oxygen atoms in total. The molecule has 17 heavy (non-hydrogen) atoms.